The maximum Gasteiger partial charge on any atom is 0.253 e. The fourth-order valence-electron chi connectivity index (χ4n) is 8.92. The first-order valence-electron chi connectivity index (χ1n) is 29.8. The summed E-state index contributed by atoms with van der Waals surface area (Å²) in [5.41, 5.74) is -4.21. The van der Waals surface area contributed by atoms with Crippen molar-refractivity contribution in [3.8, 4) is 62.1 Å². The molecule has 0 unspecified atom stereocenters. The van der Waals surface area contributed by atoms with E-state index in [4.69, 9.17) is 27.5 Å². The zero-order chi connectivity index (χ0) is 59.5. The molecule has 66 heavy (non-hydrogen) atoms. The van der Waals surface area contributed by atoms with Crippen LogP contribution >= 0.6 is 0 Å². The molecule has 10 aromatic rings. The van der Waals surface area contributed by atoms with Gasteiger partial charge in [-0.15, -0.1) is 29.7 Å². The summed E-state index contributed by atoms with van der Waals surface area (Å²) in [6, 6.07) is 29.4. The predicted molar refractivity (Wildman–Crippen MR) is 267 cm³/mol. The van der Waals surface area contributed by atoms with Gasteiger partial charge in [0.2, 0.25) is 0 Å². The fourth-order valence-corrected chi connectivity index (χ4v) is 8.92. The largest absolute Gasteiger partial charge is 0.509 e. The number of hydrogen-bond acceptors (Lipinski definition) is 2. The Kier molecular flexibility index (Phi) is 6.66. The van der Waals surface area contributed by atoms with Crippen LogP contribution in [0.2, 0.25) is 0 Å². The number of rotatable bonds is 4. The molecule has 1 aliphatic rings. The van der Waals surface area contributed by atoms with Crippen molar-refractivity contribution >= 4 is 32.8 Å². The predicted octanol–water partition coefficient (Wildman–Crippen LogP) is 15.0. The molecule has 0 N–H and O–H groups in total. The van der Waals surface area contributed by atoms with E-state index in [1.54, 1.807) is 67.9 Å². The average molecular weight is 1060 g/mol. The average Bonchev–Trinajstić information content (AvgIpc) is 1.91. The van der Waals surface area contributed by atoms with Gasteiger partial charge in [0.15, 0.2) is 11.0 Å². The van der Waals surface area contributed by atoms with Crippen LogP contribution in [0.25, 0.3) is 83.4 Å². The van der Waals surface area contributed by atoms with Crippen molar-refractivity contribution < 1.29 is 53.7 Å². The summed E-state index contributed by atoms with van der Waals surface area (Å²) in [5, 5.41) is 1.87. The molecule has 0 atom stereocenters. The Labute approximate surface area is 426 Å². The molecule has 6 heteroatoms. The maximum absolute atomic E-state index is 9.73. The third-order valence-corrected chi connectivity index (χ3v) is 12.2. The second-order valence-corrected chi connectivity index (χ2v) is 18.5. The summed E-state index contributed by atoms with van der Waals surface area (Å²) in [5.74, 6) is 1.19. The first kappa shape index (κ1) is 27.8. The number of nitrogens with zero attached hydrogens (tertiary/aromatic N) is 4. The number of fused-ring (bicyclic) bond motifs is 10. The van der Waals surface area contributed by atoms with E-state index in [0.717, 1.165) is 21.9 Å². The zero-order valence-electron chi connectivity index (χ0n) is 53.9. The van der Waals surface area contributed by atoms with Crippen molar-refractivity contribution in [3.63, 3.8) is 0 Å². The molecule has 11 rings (SSSR count). The van der Waals surface area contributed by atoms with Crippen LogP contribution in [0.5, 0.6) is 11.5 Å². The van der Waals surface area contributed by atoms with Gasteiger partial charge in [0.1, 0.15) is 11.5 Å². The number of para-hydroxylation sites is 2. The number of hydrogen-bond donors (Lipinski definition) is 0. The van der Waals surface area contributed by atoms with Crippen LogP contribution < -0.4 is 9.30 Å². The normalized spacial score (nSPS) is 16.8. The molecule has 5 nitrogen and oxygen atoms in total. The molecule has 0 bridgehead atoms. The second kappa shape index (κ2) is 15.8. The van der Waals surface area contributed by atoms with Gasteiger partial charge in [-0.1, -0.05) is 152 Å². The van der Waals surface area contributed by atoms with Crippen molar-refractivity contribution in [2.75, 3.05) is 0 Å². The van der Waals surface area contributed by atoms with Gasteiger partial charge >= 0.3 is 0 Å². The third-order valence-electron chi connectivity index (χ3n) is 12.2. The van der Waals surface area contributed by atoms with Crippen molar-refractivity contribution in [1.29, 1.82) is 0 Å². The molecule has 0 spiro atoms. The number of benzene rings is 7. The minimum absolute atomic E-state index is 0. The summed E-state index contributed by atoms with van der Waals surface area (Å²) >= 11 is 0. The van der Waals surface area contributed by atoms with Crippen molar-refractivity contribution in [2.45, 2.75) is 78.3 Å². The standard InChI is InChI=1S/C60H53N4O.Pt/c1-58(2,3)38-30-31-61-55(34-38)64-52-26-15-14-24-47(52)48-29-28-42(36-54(48)64)65-41-19-16-18-40(35-41)62-37-63-56-50(32-39(59(4,5)6)33-51(56)60(7,8)9)46-23-13-11-21-44(46)43-20-10-12-22-45(43)49-25-17-27-53(62)57(49)63;/h10-34,37H,1-9H3;/q-1;/i7D3,8D3,9D3,10D,11D,12D,13D,20D,21D,22D,23D;. The van der Waals surface area contributed by atoms with Gasteiger partial charge in [-0.25, -0.2) is 9.55 Å². The summed E-state index contributed by atoms with van der Waals surface area (Å²) in [7, 11) is 0. The van der Waals surface area contributed by atoms with Gasteiger partial charge in [-0.3, -0.25) is 0 Å². The van der Waals surface area contributed by atoms with Gasteiger partial charge in [0.05, 0.1) is 11.0 Å². The van der Waals surface area contributed by atoms with E-state index in [1.165, 1.54) is 29.1 Å². The first-order chi connectivity index (χ1) is 38.2. The molecule has 0 fully saturated rings. The second-order valence-electron chi connectivity index (χ2n) is 18.5. The molecule has 0 amide bonds. The van der Waals surface area contributed by atoms with Crippen LogP contribution in [-0.4, -0.2) is 14.1 Å². The Balaban J connectivity index is 0.00000769. The van der Waals surface area contributed by atoms with E-state index < -0.39 is 102 Å². The van der Waals surface area contributed by atoms with Crippen LogP contribution in [0.4, 0.5) is 0 Å². The minimum atomic E-state index is -3.85. The topological polar surface area (TPSA) is 35.9 Å². The summed E-state index contributed by atoms with van der Waals surface area (Å²) < 4.78 is 168. The summed E-state index contributed by atoms with van der Waals surface area (Å²) in [6.45, 7) is 0.0244. The fraction of sp³-hybridized carbons (Fsp3) is 0.200. The molecule has 1 aliphatic heterocycles. The van der Waals surface area contributed by atoms with Crippen LogP contribution in [0.15, 0.2) is 158 Å². The number of aromatic nitrogens is 4. The minimum Gasteiger partial charge on any atom is -0.509 e. The maximum atomic E-state index is 9.73. The SMILES string of the molecule is [2H]c1c([2H])c([2H])c2c(c1[2H])-c1cc(C(C)(C)C)cc(C(C([2H])([2H])[2H])(C([2H])([2H])[2H])C([2H])([2H])[2H])c1-[n+]1cn(-c3[c-]c(Oc4[c-]c5c(cc4)c4ccccc4n5-c4cc(C(C)(C)C)ccn4)ccc3)c3cccc(c31)-c1c([2H])c([2H])c([2H])c([2H])c1-2.[Pt]. The molecule has 4 heterocycles. The summed E-state index contributed by atoms with van der Waals surface area (Å²) in [4.78, 5) is 4.79. The van der Waals surface area contributed by atoms with Gasteiger partial charge in [-0.2, -0.15) is 16.7 Å². The van der Waals surface area contributed by atoms with Gasteiger partial charge in [0, 0.05) is 79.0 Å². The number of pyridine rings is 1. The zero-order valence-corrected chi connectivity index (χ0v) is 39.2. The summed E-state index contributed by atoms with van der Waals surface area (Å²) in [6.07, 6.45) is 3.23. The molecule has 0 radical (unpaired) electrons. The van der Waals surface area contributed by atoms with Crippen molar-refractivity contribution in [3.05, 3.63) is 187 Å². The van der Waals surface area contributed by atoms with E-state index in [9.17, 15) is 5.48 Å². The van der Waals surface area contributed by atoms with E-state index >= 15 is 0 Å². The molecule has 0 aliphatic carbocycles. The third kappa shape index (κ3) is 7.20. The van der Waals surface area contributed by atoms with Crippen LogP contribution in [0.1, 0.15) is 102 Å². The number of ether oxygens (including phenoxy) is 1. The van der Waals surface area contributed by atoms with E-state index in [-0.39, 0.29) is 76.8 Å². The van der Waals surface area contributed by atoms with Gasteiger partial charge < -0.3 is 9.30 Å². The van der Waals surface area contributed by atoms with E-state index in [0.29, 0.717) is 17.1 Å². The van der Waals surface area contributed by atoms with E-state index in [1.807, 2.05) is 41.0 Å². The van der Waals surface area contributed by atoms with Crippen LogP contribution in [-0.2, 0) is 37.3 Å². The van der Waals surface area contributed by atoms with Crippen molar-refractivity contribution in [2.24, 2.45) is 0 Å². The first-order valence-corrected chi connectivity index (χ1v) is 21.3. The van der Waals surface area contributed by atoms with E-state index in [2.05, 4.69) is 39.0 Å². The Hall–Kier alpha value is -6.55. The Morgan fingerprint density at radius 3 is 1.97 bits per heavy atom. The smallest absolute Gasteiger partial charge is 0.253 e. The van der Waals surface area contributed by atoms with Crippen molar-refractivity contribution in [1.82, 2.24) is 14.1 Å². The molecular formula is C60H53N4OPt-. The number of imidazole rings is 1. The molecular weight excluding hydrogens is 988 g/mol. The molecule has 0 saturated heterocycles. The molecule has 3 aromatic heterocycles. The molecule has 330 valence electrons. The monoisotopic (exact) mass is 1060 g/mol. The quantitative estimate of drug-likeness (QED) is 0.130. The van der Waals surface area contributed by atoms with Gasteiger partial charge in [-0.05, 0) is 91.4 Å². The van der Waals surface area contributed by atoms with Gasteiger partial charge in [0.25, 0.3) is 6.33 Å². The molecule has 7 aromatic carbocycles. The van der Waals surface area contributed by atoms with Crippen LogP contribution in [0, 0.1) is 12.1 Å². The Bertz CT molecular complexity index is 4320. The van der Waals surface area contributed by atoms with Crippen LogP contribution in [0.3, 0.4) is 0 Å². The Morgan fingerprint density at radius 1 is 0.606 bits per heavy atom. The molecule has 0 saturated carbocycles. The Morgan fingerprint density at radius 2 is 1.26 bits per heavy atom.